The van der Waals surface area contributed by atoms with Crippen molar-refractivity contribution in [3.8, 4) is 10.7 Å². The number of fused-ring (bicyclic) bond motifs is 1. The summed E-state index contributed by atoms with van der Waals surface area (Å²) in [6.07, 6.45) is 3.52. The highest BCUT2D eigenvalue weighted by molar-refractivity contribution is 8.00. The number of anilines is 1. The molecule has 10 heteroatoms. The number of thioether (sulfide) groups is 1. The van der Waals surface area contributed by atoms with E-state index >= 15 is 0 Å². The number of aromatic amines is 1. The van der Waals surface area contributed by atoms with Crippen LogP contribution in [0.1, 0.15) is 5.82 Å². The van der Waals surface area contributed by atoms with Crippen LogP contribution in [0.25, 0.3) is 21.0 Å². The van der Waals surface area contributed by atoms with Crippen LogP contribution in [0.15, 0.2) is 28.2 Å². The molecule has 0 bridgehead atoms. The van der Waals surface area contributed by atoms with Gasteiger partial charge in [0.1, 0.15) is 22.7 Å². The van der Waals surface area contributed by atoms with Gasteiger partial charge in [-0.15, -0.1) is 22.7 Å². The van der Waals surface area contributed by atoms with Crippen LogP contribution in [0.2, 0.25) is 0 Å². The SMILES string of the molecule is CSc1nc2ncnc(NCc3nc(-c4cccs4)n[nH]3)c2s1. The lowest BCUT2D eigenvalue weighted by Crippen LogP contribution is -2.03. The third-order valence-corrected chi connectivity index (χ3v) is 5.95. The van der Waals surface area contributed by atoms with Crippen molar-refractivity contribution in [2.45, 2.75) is 10.9 Å². The van der Waals surface area contributed by atoms with Gasteiger partial charge >= 0.3 is 0 Å². The first-order chi connectivity index (χ1) is 11.3. The molecule has 0 saturated heterocycles. The number of aromatic nitrogens is 6. The summed E-state index contributed by atoms with van der Waals surface area (Å²) in [5.74, 6) is 2.24. The van der Waals surface area contributed by atoms with Crippen molar-refractivity contribution < 1.29 is 0 Å². The Morgan fingerprint density at radius 3 is 3.09 bits per heavy atom. The molecule has 2 N–H and O–H groups in total. The van der Waals surface area contributed by atoms with Gasteiger partial charge in [0.15, 0.2) is 15.8 Å². The lowest BCUT2D eigenvalue weighted by atomic mass is 10.4. The van der Waals surface area contributed by atoms with E-state index < -0.39 is 0 Å². The van der Waals surface area contributed by atoms with Gasteiger partial charge in [-0.05, 0) is 17.7 Å². The fraction of sp³-hybridized carbons (Fsp3) is 0.154. The van der Waals surface area contributed by atoms with Gasteiger partial charge in [0.25, 0.3) is 0 Å². The predicted molar refractivity (Wildman–Crippen MR) is 94.0 cm³/mol. The Labute approximate surface area is 143 Å². The first-order valence-electron chi connectivity index (χ1n) is 6.68. The molecule has 4 aromatic rings. The van der Waals surface area contributed by atoms with Crippen molar-refractivity contribution >= 4 is 50.6 Å². The normalized spacial score (nSPS) is 11.2. The van der Waals surface area contributed by atoms with E-state index in [0.29, 0.717) is 18.0 Å². The van der Waals surface area contributed by atoms with E-state index in [2.05, 4.69) is 35.5 Å². The number of nitrogens with zero attached hydrogens (tertiary/aromatic N) is 5. The number of H-pyrrole nitrogens is 1. The molecule has 0 amide bonds. The van der Waals surface area contributed by atoms with Gasteiger partial charge in [-0.1, -0.05) is 17.8 Å². The first kappa shape index (κ1) is 14.5. The summed E-state index contributed by atoms with van der Waals surface area (Å²) in [6.45, 7) is 0.511. The summed E-state index contributed by atoms with van der Waals surface area (Å²) < 4.78 is 1.93. The van der Waals surface area contributed by atoms with Crippen LogP contribution in [0.5, 0.6) is 0 Å². The van der Waals surface area contributed by atoms with Crippen LogP contribution in [-0.4, -0.2) is 36.4 Å². The largest absolute Gasteiger partial charge is 0.361 e. The number of hydrogen-bond donors (Lipinski definition) is 2. The van der Waals surface area contributed by atoms with Crippen LogP contribution in [0.4, 0.5) is 5.82 Å². The Bertz CT molecular complexity index is 928. The van der Waals surface area contributed by atoms with Crippen molar-refractivity contribution in [2.75, 3.05) is 11.6 Å². The molecule has 4 rings (SSSR count). The van der Waals surface area contributed by atoms with E-state index in [1.54, 1.807) is 34.4 Å². The second-order valence-corrected chi connectivity index (χ2v) is 7.50. The molecule has 0 aliphatic rings. The van der Waals surface area contributed by atoms with E-state index in [9.17, 15) is 0 Å². The van der Waals surface area contributed by atoms with Gasteiger partial charge < -0.3 is 5.32 Å². The minimum absolute atomic E-state index is 0.511. The summed E-state index contributed by atoms with van der Waals surface area (Å²) in [5.41, 5.74) is 0.716. The maximum absolute atomic E-state index is 4.49. The quantitative estimate of drug-likeness (QED) is 0.527. The lowest BCUT2D eigenvalue weighted by Gasteiger charge is -2.02. The second kappa shape index (κ2) is 6.22. The first-order valence-corrected chi connectivity index (χ1v) is 9.60. The molecule has 4 aromatic heterocycles. The second-order valence-electron chi connectivity index (χ2n) is 4.50. The molecular weight excluding hydrogens is 350 g/mol. The molecule has 23 heavy (non-hydrogen) atoms. The van der Waals surface area contributed by atoms with Crippen molar-refractivity contribution in [2.24, 2.45) is 0 Å². The minimum atomic E-state index is 0.511. The minimum Gasteiger partial charge on any atom is -0.361 e. The molecule has 0 radical (unpaired) electrons. The summed E-state index contributed by atoms with van der Waals surface area (Å²) in [4.78, 5) is 18.5. The zero-order valence-corrected chi connectivity index (χ0v) is 14.4. The fourth-order valence-corrected chi connectivity index (χ4v) is 4.14. The number of nitrogens with one attached hydrogen (secondary N) is 2. The van der Waals surface area contributed by atoms with Gasteiger partial charge in [0, 0.05) is 0 Å². The molecule has 0 atom stereocenters. The Balaban J connectivity index is 1.54. The average Bonchev–Trinajstić information content (AvgIpc) is 3.31. The molecule has 0 unspecified atom stereocenters. The molecule has 0 fully saturated rings. The fourth-order valence-electron chi connectivity index (χ4n) is 2.01. The highest BCUT2D eigenvalue weighted by Gasteiger charge is 2.11. The summed E-state index contributed by atoms with van der Waals surface area (Å²) in [7, 11) is 0. The van der Waals surface area contributed by atoms with Crippen molar-refractivity contribution in [3.63, 3.8) is 0 Å². The van der Waals surface area contributed by atoms with Gasteiger partial charge in [0.05, 0.1) is 11.4 Å². The number of thiophene rings is 1. The highest BCUT2D eigenvalue weighted by atomic mass is 32.2. The standard InChI is InChI=1S/C13H11N7S3/c1-21-13-18-12-9(23-13)11(15-6-16-12)14-5-8-17-10(20-19-8)7-3-2-4-22-7/h2-4,6H,5H2,1H3,(H,14,15,16)(H,17,19,20). The topological polar surface area (TPSA) is 92.3 Å². The molecule has 0 aromatic carbocycles. The van der Waals surface area contributed by atoms with Gasteiger partial charge in [-0.2, -0.15) is 5.10 Å². The molecule has 4 heterocycles. The van der Waals surface area contributed by atoms with E-state index in [0.717, 1.165) is 25.6 Å². The molecule has 7 nitrogen and oxygen atoms in total. The molecule has 116 valence electrons. The zero-order chi connectivity index (χ0) is 15.6. The summed E-state index contributed by atoms with van der Waals surface area (Å²) >= 11 is 4.80. The molecular formula is C13H11N7S3. The zero-order valence-electron chi connectivity index (χ0n) is 12.0. The Morgan fingerprint density at radius 2 is 2.26 bits per heavy atom. The number of rotatable bonds is 5. The van der Waals surface area contributed by atoms with Crippen molar-refractivity contribution in [1.29, 1.82) is 0 Å². The van der Waals surface area contributed by atoms with Gasteiger partial charge in [0.2, 0.25) is 0 Å². The number of thiazole rings is 1. The Hall–Kier alpha value is -2.04. The Kier molecular flexibility index (Phi) is 3.93. The Morgan fingerprint density at radius 1 is 1.30 bits per heavy atom. The maximum atomic E-state index is 4.49. The molecule has 0 aliphatic carbocycles. The molecule has 0 saturated carbocycles. The van der Waals surface area contributed by atoms with Crippen molar-refractivity contribution in [1.82, 2.24) is 30.1 Å². The van der Waals surface area contributed by atoms with Gasteiger partial charge in [-0.25, -0.2) is 19.9 Å². The van der Waals surface area contributed by atoms with Crippen LogP contribution in [-0.2, 0) is 6.54 Å². The summed E-state index contributed by atoms with van der Waals surface area (Å²) in [6, 6.07) is 3.99. The predicted octanol–water partition coefficient (Wildman–Crippen LogP) is 3.27. The monoisotopic (exact) mass is 361 g/mol. The van der Waals surface area contributed by atoms with E-state index in [1.807, 2.05) is 23.8 Å². The van der Waals surface area contributed by atoms with Crippen LogP contribution in [0.3, 0.4) is 0 Å². The number of hydrogen-bond acceptors (Lipinski definition) is 9. The van der Waals surface area contributed by atoms with E-state index in [4.69, 9.17) is 0 Å². The molecule has 0 aliphatic heterocycles. The summed E-state index contributed by atoms with van der Waals surface area (Å²) in [5, 5.41) is 12.5. The highest BCUT2D eigenvalue weighted by Crippen LogP contribution is 2.31. The third-order valence-electron chi connectivity index (χ3n) is 3.04. The van der Waals surface area contributed by atoms with Crippen LogP contribution < -0.4 is 5.32 Å². The maximum Gasteiger partial charge on any atom is 0.191 e. The van der Waals surface area contributed by atoms with Crippen LogP contribution >= 0.6 is 34.4 Å². The third kappa shape index (κ3) is 2.92. The lowest BCUT2D eigenvalue weighted by molar-refractivity contribution is 0.948. The average molecular weight is 361 g/mol. The molecule has 0 spiro atoms. The van der Waals surface area contributed by atoms with E-state index in [1.165, 1.54) is 6.33 Å². The van der Waals surface area contributed by atoms with Gasteiger partial charge in [-0.3, -0.25) is 5.10 Å². The van der Waals surface area contributed by atoms with Crippen LogP contribution in [0, 0.1) is 0 Å². The smallest absolute Gasteiger partial charge is 0.191 e. The van der Waals surface area contributed by atoms with E-state index in [-0.39, 0.29) is 0 Å². The van der Waals surface area contributed by atoms with Crippen molar-refractivity contribution in [3.05, 3.63) is 29.7 Å².